The summed E-state index contributed by atoms with van der Waals surface area (Å²) in [4.78, 5) is 0. The molecular weight excluding hydrogens is 233 g/mol. The molecule has 3 nitrogen and oxygen atoms in total. The molecule has 0 saturated heterocycles. The number of aliphatic hydroxyl groups is 1. The Balaban J connectivity index is 2.80. The summed E-state index contributed by atoms with van der Waals surface area (Å²) in [5, 5.41) is 12.5. The average Bonchev–Trinajstić information content (AvgIpc) is 2.34. The fourth-order valence-corrected chi connectivity index (χ4v) is 1.85. The number of rotatable bonds is 6. The molecule has 0 aliphatic rings. The maximum Gasteiger partial charge on any atom is 0.131 e. The van der Waals surface area contributed by atoms with Crippen LogP contribution in [0, 0.1) is 11.7 Å². The predicted octanol–water partition coefficient (Wildman–Crippen LogP) is 2.50. The van der Waals surface area contributed by atoms with Crippen LogP contribution in [0.15, 0.2) is 18.2 Å². The van der Waals surface area contributed by atoms with Crippen LogP contribution in [0.2, 0.25) is 0 Å². The Morgan fingerprint density at radius 3 is 2.44 bits per heavy atom. The average molecular weight is 255 g/mol. The second-order valence-corrected chi connectivity index (χ2v) is 4.81. The number of aliphatic hydroxyl groups excluding tert-OH is 1. The Labute approximate surface area is 108 Å². The molecule has 18 heavy (non-hydrogen) atoms. The van der Waals surface area contributed by atoms with Crippen LogP contribution in [-0.2, 0) is 0 Å². The van der Waals surface area contributed by atoms with E-state index in [1.165, 1.54) is 13.2 Å². The van der Waals surface area contributed by atoms with E-state index in [0.29, 0.717) is 17.2 Å². The van der Waals surface area contributed by atoms with E-state index in [4.69, 9.17) is 4.74 Å². The maximum atomic E-state index is 13.9. The van der Waals surface area contributed by atoms with Gasteiger partial charge in [0.15, 0.2) is 0 Å². The molecule has 0 heterocycles. The molecule has 0 amide bonds. The van der Waals surface area contributed by atoms with E-state index in [9.17, 15) is 9.50 Å². The molecular formula is C14H22FNO2. The van der Waals surface area contributed by atoms with Crippen molar-refractivity contribution in [2.75, 3.05) is 13.7 Å². The van der Waals surface area contributed by atoms with Crippen molar-refractivity contribution in [1.29, 1.82) is 0 Å². The fourth-order valence-electron chi connectivity index (χ4n) is 1.85. The highest BCUT2D eigenvalue weighted by molar-refractivity contribution is 5.30. The molecule has 0 aromatic heterocycles. The maximum absolute atomic E-state index is 13.9. The number of methoxy groups -OCH3 is 1. The monoisotopic (exact) mass is 255 g/mol. The summed E-state index contributed by atoms with van der Waals surface area (Å²) in [6.07, 6.45) is 0. The number of halogens is 1. The number of nitrogens with one attached hydrogen (secondary N) is 1. The van der Waals surface area contributed by atoms with Gasteiger partial charge in [0, 0.05) is 23.7 Å². The molecule has 102 valence electrons. The van der Waals surface area contributed by atoms with Gasteiger partial charge in [0.1, 0.15) is 11.6 Å². The molecule has 0 spiro atoms. The molecule has 2 N–H and O–H groups in total. The molecule has 4 heteroatoms. The lowest BCUT2D eigenvalue weighted by Crippen LogP contribution is -2.38. The van der Waals surface area contributed by atoms with Crippen LogP contribution in [-0.4, -0.2) is 24.9 Å². The first-order chi connectivity index (χ1) is 8.49. The van der Waals surface area contributed by atoms with Crippen LogP contribution in [0.4, 0.5) is 4.39 Å². The summed E-state index contributed by atoms with van der Waals surface area (Å²) in [6.45, 7) is 5.96. The van der Waals surface area contributed by atoms with E-state index in [1.807, 2.05) is 20.8 Å². The Kier molecular flexibility index (Phi) is 5.56. The summed E-state index contributed by atoms with van der Waals surface area (Å²) < 4.78 is 18.8. The van der Waals surface area contributed by atoms with Gasteiger partial charge in [0.25, 0.3) is 0 Å². The van der Waals surface area contributed by atoms with Crippen LogP contribution < -0.4 is 10.1 Å². The number of ether oxygens (including phenoxy) is 1. The van der Waals surface area contributed by atoms with E-state index < -0.39 is 0 Å². The van der Waals surface area contributed by atoms with Gasteiger partial charge in [-0.15, -0.1) is 0 Å². The molecule has 2 atom stereocenters. The number of hydrogen-bond acceptors (Lipinski definition) is 3. The summed E-state index contributed by atoms with van der Waals surface area (Å²) in [5.74, 6) is 0.500. The van der Waals surface area contributed by atoms with Gasteiger partial charge in [-0.25, -0.2) is 4.39 Å². The van der Waals surface area contributed by atoms with Gasteiger partial charge in [0.2, 0.25) is 0 Å². The Morgan fingerprint density at radius 1 is 1.33 bits per heavy atom. The number of benzene rings is 1. The largest absolute Gasteiger partial charge is 0.497 e. The minimum atomic E-state index is -0.296. The third-order valence-corrected chi connectivity index (χ3v) is 3.14. The highest BCUT2D eigenvalue weighted by Crippen LogP contribution is 2.22. The highest BCUT2D eigenvalue weighted by Gasteiger charge is 2.18. The molecule has 0 aliphatic carbocycles. The van der Waals surface area contributed by atoms with Crippen LogP contribution in [0.5, 0.6) is 5.75 Å². The van der Waals surface area contributed by atoms with Crippen molar-refractivity contribution in [3.05, 3.63) is 29.6 Å². The molecule has 0 fully saturated rings. The van der Waals surface area contributed by atoms with E-state index >= 15 is 0 Å². The van der Waals surface area contributed by atoms with E-state index in [1.54, 1.807) is 12.1 Å². The Morgan fingerprint density at radius 2 is 2.00 bits per heavy atom. The van der Waals surface area contributed by atoms with Crippen molar-refractivity contribution >= 4 is 0 Å². The van der Waals surface area contributed by atoms with Crippen LogP contribution in [0.1, 0.15) is 32.4 Å². The molecule has 0 bridgehead atoms. The minimum absolute atomic E-state index is 0.0403. The zero-order valence-electron chi connectivity index (χ0n) is 11.4. The van der Waals surface area contributed by atoms with Crippen LogP contribution in [0.25, 0.3) is 0 Å². The molecule has 1 aromatic carbocycles. The second kappa shape index (κ2) is 6.71. The van der Waals surface area contributed by atoms with Crippen molar-refractivity contribution in [3.8, 4) is 5.75 Å². The smallest absolute Gasteiger partial charge is 0.131 e. The van der Waals surface area contributed by atoms with Gasteiger partial charge in [0.05, 0.1) is 13.7 Å². The van der Waals surface area contributed by atoms with Gasteiger partial charge >= 0.3 is 0 Å². The molecule has 0 aliphatic heterocycles. The van der Waals surface area contributed by atoms with Crippen molar-refractivity contribution in [3.63, 3.8) is 0 Å². The van der Waals surface area contributed by atoms with Gasteiger partial charge in [-0.05, 0) is 18.9 Å². The molecule has 0 saturated carbocycles. The zero-order chi connectivity index (χ0) is 13.7. The van der Waals surface area contributed by atoms with E-state index in [0.717, 1.165) is 0 Å². The lowest BCUT2D eigenvalue weighted by molar-refractivity contribution is 0.200. The second-order valence-electron chi connectivity index (χ2n) is 4.81. The van der Waals surface area contributed by atoms with Gasteiger partial charge in [-0.1, -0.05) is 19.9 Å². The summed E-state index contributed by atoms with van der Waals surface area (Å²) in [7, 11) is 1.51. The molecule has 1 aromatic rings. The minimum Gasteiger partial charge on any atom is -0.497 e. The number of hydrogen-bond donors (Lipinski definition) is 2. The first kappa shape index (κ1) is 14.9. The topological polar surface area (TPSA) is 41.5 Å². The lowest BCUT2D eigenvalue weighted by atomic mass is 10.0. The van der Waals surface area contributed by atoms with Gasteiger partial charge in [-0.2, -0.15) is 0 Å². The van der Waals surface area contributed by atoms with Crippen LogP contribution in [0.3, 0.4) is 0 Å². The van der Waals surface area contributed by atoms with E-state index in [-0.39, 0.29) is 24.5 Å². The summed E-state index contributed by atoms with van der Waals surface area (Å²) >= 11 is 0. The lowest BCUT2D eigenvalue weighted by Gasteiger charge is -2.25. The van der Waals surface area contributed by atoms with Crippen molar-refractivity contribution in [2.45, 2.75) is 32.9 Å². The third-order valence-electron chi connectivity index (χ3n) is 3.14. The molecule has 2 unspecified atom stereocenters. The van der Waals surface area contributed by atoms with Crippen molar-refractivity contribution in [1.82, 2.24) is 5.32 Å². The summed E-state index contributed by atoms with van der Waals surface area (Å²) in [6, 6.07) is 4.62. The Hall–Kier alpha value is -1.13. The van der Waals surface area contributed by atoms with Crippen molar-refractivity contribution < 1.29 is 14.2 Å². The van der Waals surface area contributed by atoms with Gasteiger partial charge < -0.3 is 15.2 Å². The predicted molar refractivity (Wildman–Crippen MR) is 70.2 cm³/mol. The van der Waals surface area contributed by atoms with Crippen molar-refractivity contribution in [2.24, 2.45) is 5.92 Å². The third kappa shape index (κ3) is 3.68. The SMILES string of the molecule is COc1ccc(C(C)NC(CO)C(C)C)c(F)c1. The molecule has 0 radical (unpaired) electrons. The zero-order valence-corrected chi connectivity index (χ0v) is 11.4. The highest BCUT2D eigenvalue weighted by atomic mass is 19.1. The van der Waals surface area contributed by atoms with Crippen LogP contribution >= 0.6 is 0 Å². The first-order valence-corrected chi connectivity index (χ1v) is 6.20. The Bertz CT molecular complexity index is 382. The van der Waals surface area contributed by atoms with E-state index in [2.05, 4.69) is 5.32 Å². The normalized spacial score (nSPS) is 14.6. The standard InChI is InChI=1S/C14H22FNO2/c1-9(2)14(8-17)16-10(3)12-6-5-11(18-4)7-13(12)15/h5-7,9-10,14,16-17H,8H2,1-4H3. The fraction of sp³-hybridized carbons (Fsp3) is 0.571. The molecule has 1 rings (SSSR count). The first-order valence-electron chi connectivity index (χ1n) is 6.20. The summed E-state index contributed by atoms with van der Waals surface area (Å²) in [5.41, 5.74) is 0.579. The van der Waals surface area contributed by atoms with Gasteiger partial charge in [-0.3, -0.25) is 0 Å². The quantitative estimate of drug-likeness (QED) is 0.820.